The van der Waals surface area contributed by atoms with Crippen molar-refractivity contribution in [3.8, 4) is 0 Å². The third-order valence-electron chi connectivity index (χ3n) is 3.83. The monoisotopic (exact) mass is 302 g/mol. The quantitative estimate of drug-likeness (QED) is 0.743. The van der Waals surface area contributed by atoms with Crippen molar-refractivity contribution in [2.24, 2.45) is 5.41 Å². The Morgan fingerprint density at radius 1 is 1.18 bits per heavy atom. The van der Waals surface area contributed by atoms with Crippen molar-refractivity contribution in [1.29, 1.82) is 0 Å². The van der Waals surface area contributed by atoms with Gasteiger partial charge < -0.3 is 20.2 Å². The van der Waals surface area contributed by atoms with Gasteiger partial charge in [0.15, 0.2) is 0 Å². The van der Waals surface area contributed by atoms with Gasteiger partial charge in [0.2, 0.25) is 17.6 Å². The summed E-state index contributed by atoms with van der Waals surface area (Å²) in [6.45, 7) is 0. The molecule has 1 aromatic carbocycles. The van der Waals surface area contributed by atoms with E-state index in [1.807, 2.05) is 0 Å². The third-order valence-corrected chi connectivity index (χ3v) is 3.83. The highest BCUT2D eigenvalue weighted by Gasteiger charge is 2.56. The maximum atomic E-state index is 12.3. The van der Waals surface area contributed by atoms with Crippen LogP contribution in [0.2, 0.25) is 0 Å². The number of amides is 2. The highest BCUT2D eigenvalue weighted by molar-refractivity contribution is 6.13. The Balaban J connectivity index is 1.84. The average Bonchev–Trinajstić information content (AvgIpc) is 3.20. The van der Waals surface area contributed by atoms with Crippen LogP contribution in [0.3, 0.4) is 0 Å². The van der Waals surface area contributed by atoms with Crippen LogP contribution in [-0.4, -0.2) is 29.9 Å². The van der Waals surface area contributed by atoms with Crippen LogP contribution in [0.1, 0.15) is 23.4 Å². The van der Waals surface area contributed by atoms with Crippen molar-refractivity contribution in [1.82, 2.24) is 5.32 Å². The Hall–Kier alpha value is -2.83. The molecule has 1 fully saturated rings. The van der Waals surface area contributed by atoms with Crippen molar-refractivity contribution in [2.45, 2.75) is 12.8 Å². The van der Waals surface area contributed by atoms with Gasteiger partial charge in [-0.25, -0.2) is 4.79 Å². The van der Waals surface area contributed by atoms with Crippen LogP contribution in [0.4, 0.5) is 5.69 Å². The molecule has 22 heavy (non-hydrogen) atoms. The summed E-state index contributed by atoms with van der Waals surface area (Å²) in [7, 11) is 1.50. The molecule has 1 saturated carbocycles. The number of hydrogen-bond donors (Lipinski definition) is 3. The average molecular weight is 302 g/mol. The van der Waals surface area contributed by atoms with E-state index < -0.39 is 11.4 Å². The lowest BCUT2D eigenvalue weighted by molar-refractivity contribution is -0.134. The summed E-state index contributed by atoms with van der Waals surface area (Å²) in [5, 5.41) is 14.7. The molecule has 114 valence electrons. The summed E-state index contributed by atoms with van der Waals surface area (Å²) in [5.41, 5.74) is -0.0694. The Morgan fingerprint density at radius 2 is 1.91 bits per heavy atom. The van der Waals surface area contributed by atoms with E-state index in [4.69, 9.17) is 9.52 Å². The molecule has 2 aromatic rings. The maximum Gasteiger partial charge on any atom is 0.371 e. The second-order valence-corrected chi connectivity index (χ2v) is 5.28. The summed E-state index contributed by atoms with van der Waals surface area (Å²) in [4.78, 5) is 34.9. The van der Waals surface area contributed by atoms with Crippen molar-refractivity contribution < 1.29 is 23.9 Å². The Bertz CT molecular complexity index is 788. The number of carbonyl (C=O) groups is 3. The van der Waals surface area contributed by atoms with Crippen LogP contribution in [-0.2, 0) is 9.59 Å². The predicted molar refractivity (Wildman–Crippen MR) is 77.5 cm³/mol. The number of fused-ring (bicyclic) bond motifs is 1. The van der Waals surface area contributed by atoms with Crippen LogP contribution in [0.15, 0.2) is 28.7 Å². The number of carboxylic acid groups (broad SMARTS) is 1. The number of furan rings is 1. The Morgan fingerprint density at radius 3 is 2.50 bits per heavy atom. The maximum absolute atomic E-state index is 12.3. The van der Waals surface area contributed by atoms with Gasteiger partial charge in [0.25, 0.3) is 0 Å². The lowest BCUT2D eigenvalue weighted by Gasteiger charge is -2.13. The van der Waals surface area contributed by atoms with E-state index in [-0.39, 0.29) is 17.6 Å². The second kappa shape index (κ2) is 4.87. The van der Waals surface area contributed by atoms with Crippen LogP contribution >= 0.6 is 0 Å². The highest BCUT2D eigenvalue weighted by atomic mass is 16.4. The van der Waals surface area contributed by atoms with Gasteiger partial charge >= 0.3 is 5.97 Å². The van der Waals surface area contributed by atoms with E-state index in [9.17, 15) is 14.4 Å². The minimum atomic E-state index is -1.15. The van der Waals surface area contributed by atoms with Gasteiger partial charge in [-0.3, -0.25) is 9.59 Å². The molecule has 1 heterocycles. The molecule has 0 spiro atoms. The van der Waals surface area contributed by atoms with E-state index in [0.717, 1.165) is 0 Å². The van der Waals surface area contributed by atoms with E-state index in [1.54, 1.807) is 18.2 Å². The fourth-order valence-electron chi connectivity index (χ4n) is 2.40. The number of hydrogen-bond acceptors (Lipinski definition) is 4. The summed E-state index contributed by atoms with van der Waals surface area (Å²) in [6, 6.07) is 6.19. The SMILES string of the molecule is CNC(=O)C1(C(=O)Nc2ccc3oc(C(=O)O)cc3c2)CC1. The van der Waals surface area contributed by atoms with Gasteiger partial charge in [0.1, 0.15) is 11.0 Å². The summed E-state index contributed by atoms with van der Waals surface area (Å²) in [6.07, 6.45) is 1.05. The zero-order chi connectivity index (χ0) is 15.9. The van der Waals surface area contributed by atoms with Gasteiger partial charge in [-0.1, -0.05) is 0 Å². The van der Waals surface area contributed by atoms with Crippen LogP contribution in [0.5, 0.6) is 0 Å². The fourth-order valence-corrected chi connectivity index (χ4v) is 2.40. The lowest BCUT2D eigenvalue weighted by atomic mass is 10.1. The van der Waals surface area contributed by atoms with Crippen LogP contribution in [0.25, 0.3) is 11.0 Å². The van der Waals surface area contributed by atoms with Crippen LogP contribution < -0.4 is 10.6 Å². The van der Waals surface area contributed by atoms with Gasteiger partial charge in [0, 0.05) is 18.1 Å². The van der Waals surface area contributed by atoms with E-state index >= 15 is 0 Å². The van der Waals surface area contributed by atoms with Gasteiger partial charge in [-0.05, 0) is 37.1 Å². The Labute approximate surface area is 125 Å². The molecule has 0 unspecified atom stereocenters. The molecule has 1 aliphatic carbocycles. The minimum absolute atomic E-state index is 0.164. The van der Waals surface area contributed by atoms with Crippen molar-refractivity contribution in [3.63, 3.8) is 0 Å². The molecule has 1 aromatic heterocycles. The fraction of sp³-hybridized carbons (Fsp3) is 0.267. The third kappa shape index (κ3) is 2.20. The number of carboxylic acids is 1. The highest BCUT2D eigenvalue weighted by Crippen LogP contribution is 2.46. The first-order chi connectivity index (χ1) is 10.5. The number of nitrogens with one attached hydrogen (secondary N) is 2. The molecular formula is C15H14N2O5. The molecule has 0 radical (unpaired) electrons. The number of aromatic carboxylic acids is 1. The summed E-state index contributed by atoms with van der Waals surface area (Å²) in [5.74, 6) is -1.96. The molecule has 0 saturated heterocycles. The van der Waals surface area contributed by atoms with Crippen molar-refractivity contribution >= 4 is 34.4 Å². The topological polar surface area (TPSA) is 109 Å². The van der Waals surface area contributed by atoms with E-state index in [2.05, 4.69) is 10.6 Å². The normalized spacial score (nSPS) is 15.3. The van der Waals surface area contributed by atoms with E-state index in [0.29, 0.717) is 29.5 Å². The van der Waals surface area contributed by atoms with Crippen LogP contribution in [0, 0.1) is 5.41 Å². The molecule has 1 aliphatic rings. The smallest absolute Gasteiger partial charge is 0.371 e. The summed E-state index contributed by atoms with van der Waals surface area (Å²) >= 11 is 0. The van der Waals surface area contributed by atoms with E-state index in [1.165, 1.54) is 13.1 Å². The molecule has 3 N–H and O–H groups in total. The molecule has 0 aliphatic heterocycles. The number of anilines is 1. The standard InChI is InChI=1S/C15H14N2O5/c1-16-13(20)15(4-5-15)14(21)17-9-2-3-10-8(6-9)7-11(22-10)12(18)19/h2-3,6-7H,4-5H2,1H3,(H,16,20)(H,17,21)(H,18,19). The molecule has 7 nitrogen and oxygen atoms in total. The molecule has 3 rings (SSSR count). The zero-order valence-electron chi connectivity index (χ0n) is 11.8. The number of carbonyl (C=O) groups excluding carboxylic acids is 2. The largest absolute Gasteiger partial charge is 0.475 e. The van der Waals surface area contributed by atoms with Gasteiger partial charge in [-0.15, -0.1) is 0 Å². The first-order valence-electron chi connectivity index (χ1n) is 6.77. The number of benzene rings is 1. The Kier molecular flexibility index (Phi) is 3.13. The molecule has 0 atom stereocenters. The van der Waals surface area contributed by atoms with Gasteiger partial charge in [0.05, 0.1) is 0 Å². The minimum Gasteiger partial charge on any atom is -0.475 e. The molecular weight excluding hydrogens is 288 g/mol. The predicted octanol–water partition coefficient (Wildman–Crippen LogP) is 1.60. The van der Waals surface area contributed by atoms with Crippen molar-refractivity contribution in [2.75, 3.05) is 12.4 Å². The zero-order valence-corrected chi connectivity index (χ0v) is 11.8. The first-order valence-corrected chi connectivity index (χ1v) is 6.77. The number of rotatable bonds is 4. The lowest BCUT2D eigenvalue weighted by Crippen LogP contribution is -2.38. The van der Waals surface area contributed by atoms with Gasteiger partial charge in [-0.2, -0.15) is 0 Å². The van der Waals surface area contributed by atoms with Crippen molar-refractivity contribution in [3.05, 3.63) is 30.0 Å². The second-order valence-electron chi connectivity index (χ2n) is 5.28. The molecule has 0 bridgehead atoms. The molecule has 2 amide bonds. The summed E-state index contributed by atoms with van der Waals surface area (Å²) < 4.78 is 5.15. The first kappa shape index (κ1) is 14.1. The molecule has 7 heteroatoms.